The van der Waals surface area contributed by atoms with Gasteiger partial charge in [0.05, 0.1) is 11.8 Å². The van der Waals surface area contributed by atoms with Crippen LogP contribution in [0.15, 0.2) is 30.3 Å². The number of rotatable bonds is 9. The van der Waals surface area contributed by atoms with Gasteiger partial charge in [0.15, 0.2) is 0 Å². The lowest BCUT2D eigenvalue weighted by Crippen LogP contribution is -2.29. The monoisotopic (exact) mass is 352 g/mol. The molecule has 0 saturated carbocycles. The lowest BCUT2D eigenvalue weighted by Gasteiger charge is -2.16. The molecule has 0 amide bonds. The maximum absolute atomic E-state index is 11.0. The molecule has 25 heavy (non-hydrogen) atoms. The summed E-state index contributed by atoms with van der Waals surface area (Å²) in [5, 5.41) is 17.8. The standard InChI is InChI=1S/C12H14O4.C8H18O/c1-8(11(13)14)10(12(15)16)7-9-5-3-2-4-6-9;1-7(2)5-9-6-8(3)4/h2-6,8,10H,7H2,1H3,(H,13,14)(H,15,16);7-8H,5-6H2,1-4H3/t8-,10+;/m0./s1. The summed E-state index contributed by atoms with van der Waals surface area (Å²) in [5.41, 5.74) is 0.836. The molecule has 0 heterocycles. The quantitative estimate of drug-likeness (QED) is 0.702. The summed E-state index contributed by atoms with van der Waals surface area (Å²) in [6, 6.07) is 9.04. The number of hydrogen-bond donors (Lipinski definition) is 2. The first kappa shape index (κ1) is 23.1. The number of benzene rings is 1. The fourth-order valence-electron chi connectivity index (χ4n) is 2.06. The largest absolute Gasteiger partial charge is 0.481 e. The van der Waals surface area contributed by atoms with Crippen molar-refractivity contribution < 1.29 is 24.5 Å². The van der Waals surface area contributed by atoms with Crippen LogP contribution in [0.4, 0.5) is 0 Å². The van der Waals surface area contributed by atoms with E-state index >= 15 is 0 Å². The van der Waals surface area contributed by atoms with Crippen molar-refractivity contribution in [1.29, 1.82) is 0 Å². The molecule has 0 aromatic heterocycles. The number of carboxylic acid groups (broad SMARTS) is 2. The highest BCUT2D eigenvalue weighted by Gasteiger charge is 2.29. The Kier molecular flexibility index (Phi) is 11.5. The number of aliphatic carboxylic acids is 2. The second-order valence-electron chi connectivity index (χ2n) is 7.09. The molecule has 0 spiro atoms. The van der Waals surface area contributed by atoms with Crippen molar-refractivity contribution in [3.63, 3.8) is 0 Å². The zero-order valence-corrected chi connectivity index (χ0v) is 15.9. The van der Waals surface area contributed by atoms with Crippen molar-refractivity contribution in [1.82, 2.24) is 0 Å². The Morgan fingerprint density at radius 2 is 1.36 bits per heavy atom. The van der Waals surface area contributed by atoms with Crippen molar-refractivity contribution in [3.8, 4) is 0 Å². The van der Waals surface area contributed by atoms with E-state index in [1.165, 1.54) is 6.92 Å². The first-order valence-electron chi connectivity index (χ1n) is 8.72. The van der Waals surface area contributed by atoms with Gasteiger partial charge in [0.1, 0.15) is 0 Å². The van der Waals surface area contributed by atoms with Gasteiger partial charge < -0.3 is 14.9 Å². The average Bonchev–Trinajstić information content (AvgIpc) is 2.52. The minimum Gasteiger partial charge on any atom is -0.481 e. The van der Waals surface area contributed by atoms with E-state index in [2.05, 4.69) is 27.7 Å². The summed E-state index contributed by atoms with van der Waals surface area (Å²) in [7, 11) is 0. The van der Waals surface area contributed by atoms with Gasteiger partial charge in [0, 0.05) is 13.2 Å². The molecule has 1 aromatic carbocycles. The third kappa shape index (κ3) is 11.3. The molecule has 0 bridgehead atoms. The third-order valence-electron chi connectivity index (χ3n) is 3.51. The van der Waals surface area contributed by atoms with Gasteiger partial charge in [-0.3, -0.25) is 9.59 Å². The van der Waals surface area contributed by atoms with Crippen LogP contribution in [-0.2, 0) is 20.7 Å². The lowest BCUT2D eigenvalue weighted by molar-refractivity contribution is -0.152. The zero-order chi connectivity index (χ0) is 19.4. The molecule has 1 rings (SSSR count). The molecule has 5 nitrogen and oxygen atoms in total. The molecule has 2 N–H and O–H groups in total. The second kappa shape index (κ2) is 12.5. The van der Waals surface area contributed by atoms with Gasteiger partial charge in [-0.25, -0.2) is 0 Å². The highest BCUT2D eigenvalue weighted by Crippen LogP contribution is 2.18. The van der Waals surface area contributed by atoms with Crippen LogP contribution in [-0.4, -0.2) is 35.4 Å². The Morgan fingerprint density at radius 1 is 0.880 bits per heavy atom. The van der Waals surface area contributed by atoms with E-state index in [4.69, 9.17) is 14.9 Å². The maximum atomic E-state index is 11.0. The van der Waals surface area contributed by atoms with E-state index in [0.29, 0.717) is 11.8 Å². The molecule has 0 saturated heterocycles. The van der Waals surface area contributed by atoms with E-state index in [-0.39, 0.29) is 6.42 Å². The van der Waals surface area contributed by atoms with Gasteiger partial charge in [0.2, 0.25) is 0 Å². The van der Waals surface area contributed by atoms with Crippen LogP contribution in [0.1, 0.15) is 40.2 Å². The van der Waals surface area contributed by atoms with Crippen molar-refractivity contribution in [2.24, 2.45) is 23.7 Å². The average molecular weight is 352 g/mol. The first-order valence-corrected chi connectivity index (χ1v) is 8.72. The summed E-state index contributed by atoms with van der Waals surface area (Å²) >= 11 is 0. The number of carboxylic acids is 2. The molecule has 142 valence electrons. The smallest absolute Gasteiger partial charge is 0.307 e. The Morgan fingerprint density at radius 3 is 1.72 bits per heavy atom. The molecule has 0 aliphatic heterocycles. The molecule has 2 atom stereocenters. The van der Waals surface area contributed by atoms with Crippen LogP contribution in [0, 0.1) is 23.7 Å². The Labute approximate surface area is 151 Å². The van der Waals surface area contributed by atoms with Crippen LogP contribution in [0.5, 0.6) is 0 Å². The van der Waals surface area contributed by atoms with Gasteiger partial charge in [-0.15, -0.1) is 0 Å². The predicted molar refractivity (Wildman–Crippen MR) is 98.6 cm³/mol. The molecule has 0 radical (unpaired) electrons. The summed E-state index contributed by atoms with van der Waals surface area (Å²) in [6.07, 6.45) is 0.240. The summed E-state index contributed by atoms with van der Waals surface area (Å²) in [6.45, 7) is 11.9. The van der Waals surface area contributed by atoms with Crippen LogP contribution in [0.25, 0.3) is 0 Å². The second-order valence-corrected chi connectivity index (χ2v) is 7.09. The molecule has 0 fully saturated rings. The normalized spacial score (nSPS) is 13.1. The molecule has 0 aliphatic rings. The van der Waals surface area contributed by atoms with Crippen LogP contribution in [0.3, 0.4) is 0 Å². The molecular weight excluding hydrogens is 320 g/mol. The summed E-state index contributed by atoms with van der Waals surface area (Å²) in [5.74, 6) is -2.59. The van der Waals surface area contributed by atoms with Crippen LogP contribution >= 0.6 is 0 Å². The van der Waals surface area contributed by atoms with E-state index in [0.717, 1.165) is 18.8 Å². The van der Waals surface area contributed by atoms with Crippen molar-refractivity contribution in [3.05, 3.63) is 35.9 Å². The molecular formula is C20H32O5. The SMILES string of the molecule is CC(C)COCC(C)C.C[C@H](C(=O)O)[C@@H](Cc1ccccc1)C(=O)O. The Balaban J connectivity index is 0.000000547. The van der Waals surface area contributed by atoms with Gasteiger partial charge in [-0.05, 0) is 23.8 Å². The van der Waals surface area contributed by atoms with Gasteiger partial charge >= 0.3 is 11.9 Å². The maximum Gasteiger partial charge on any atom is 0.307 e. The Hall–Kier alpha value is -1.88. The highest BCUT2D eigenvalue weighted by molar-refractivity contribution is 5.79. The van der Waals surface area contributed by atoms with Crippen molar-refractivity contribution in [2.75, 3.05) is 13.2 Å². The minimum absolute atomic E-state index is 0.240. The summed E-state index contributed by atoms with van der Waals surface area (Å²) < 4.78 is 5.36. The van der Waals surface area contributed by atoms with Crippen LogP contribution in [0.2, 0.25) is 0 Å². The number of ether oxygens (including phenoxy) is 1. The van der Waals surface area contributed by atoms with E-state index in [9.17, 15) is 9.59 Å². The molecule has 1 aromatic rings. The lowest BCUT2D eigenvalue weighted by atomic mass is 9.88. The minimum atomic E-state index is -1.08. The number of carbonyl (C=O) groups is 2. The van der Waals surface area contributed by atoms with E-state index in [1.54, 1.807) is 24.3 Å². The van der Waals surface area contributed by atoms with E-state index < -0.39 is 23.8 Å². The van der Waals surface area contributed by atoms with Gasteiger partial charge in [-0.2, -0.15) is 0 Å². The van der Waals surface area contributed by atoms with Gasteiger partial charge in [0.25, 0.3) is 0 Å². The van der Waals surface area contributed by atoms with E-state index in [1.807, 2.05) is 6.07 Å². The molecule has 0 unspecified atom stereocenters. The fourth-order valence-corrected chi connectivity index (χ4v) is 2.06. The van der Waals surface area contributed by atoms with Crippen molar-refractivity contribution in [2.45, 2.75) is 41.0 Å². The first-order chi connectivity index (χ1) is 11.6. The summed E-state index contributed by atoms with van der Waals surface area (Å²) in [4.78, 5) is 21.8. The molecule has 5 heteroatoms. The number of hydrogen-bond acceptors (Lipinski definition) is 3. The predicted octanol–water partition coefficient (Wildman–Crippen LogP) is 3.97. The van der Waals surface area contributed by atoms with Gasteiger partial charge in [-0.1, -0.05) is 65.0 Å². The third-order valence-corrected chi connectivity index (χ3v) is 3.51. The zero-order valence-electron chi connectivity index (χ0n) is 15.9. The molecule has 0 aliphatic carbocycles. The van der Waals surface area contributed by atoms with Crippen LogP contribution < -0.4 is 0 Å². The van der Waals surface area contributed by atoms with Crippen molar-refractivity contribution >= 4 is 11.9 Å². The Bertz CT molecular complexity index is 488. The highest BCUT2D eigenvalue weighted by atomic mass is 16.5. The topological polar surface area (TPSA) is 83.8 Å². The fraction of sp³-hybridized carbons (Fsp3) is 0.600.